The predicted octanol–water partition coefficient (Wildman–Crippen LogP) is 1.99. The average molecular weight is 349 g/mol. The number of aromatic nitrogens is 4. The summed E-state index contributed by atoms with van der Waals surface area (Å²) >= 11 is 3.40. The van der Waals surface area contributed by atoms with Gasteiger partial charge in [-0.2, -0.15) is 5.10 Å². The summed E-state index contributed by atoms with van der Waals surface area (Å²) in [6, 6.07) is 7.58. The van der Waals surface area contributed by atoms with Gasteiger partial charge in [-0.1, -0.05) is 22.0 Å². The van der Waals surface area contributed by atoms with Crippen molar-refractivity contribution in [2.45, 2.75) is 6.61 Å². The van der Waals surface area contributed by atoms with E-state index >= 15 is 0 Å². The summed E-state index contributed by atoms with van der Waals surface area (Å²) < 4.78 is 8.30. The Hall–Kier alpha value is -2.19. The van der Waals surface area contributed by atoms with Gasteiger partial charge in [0.25, 0.3) is 0 Å². The molecule has 0 bridgehead atoms. The molecular formula is C13H13BrN6O. The number of aryl methyl sites for hydroxylation is 1. The topological polar surface area (TPSA) is 90.9 Å². The number of rotatable bonds is 4. The van der Waals surface area contributed by atoms with Gasteiger partial charge in [0.2, 0.25) is 0 Å². The third-order valence-corrected chi connectivity index (χ3v) is 3.43. The van der Waals surface area contributed by atoms with Gasteiger partial charge in [0.05, 0.1) is 11.6 Å². The van der Waals surface area contributed by atoms with Crippen molar-refractivity contribution in [3.63, 3.8) is 0 Å². The van der Waals surface area contributed by atoms with Crippen LogP contribution in [-0.4, -0.2) is 19.7 Å². The molecule has 0 saturated heterocycles. The molecule has 0 unspecified atom stereocenters. The number of ether oxygens (including phenoxy) is 1. The molecule has 2 aromatic heterocycles. The van der Waals surface area contributed by atoms with Crippen LogP contribution >= 0.6 is 15.9 Å². The highest BCUT2D eigenvalue weighted by molar-refractivity contribution is 9.10. The molecule has 0 aliphatic rings. The van der Waals surface area contributed by atoms with E-state index in [0.29, 0.717) is 17.3 Å². The molecular weight excluding hydrogens is 336 g/mol. The van der Waals surface area contributed by atoms with E-state index in [2.05, 4.69) is 36.4 Å². The summed E-state index contributed by atoms with van der Waals surface area (Å²) in [6.07, 6.45) is 1.67. The fraction of sp³-hybridized carbons (Fsp3) is 0.154. The standard InChI is InChI=1S/C13H13BrN6O/c1-20-13-10(6-16-20)12(19-15)17-11(18-13)7-21-9-4-2-3-8(14)5-9/h2-6H,7,15H2,1H3,(H,17,18,19). The van der Waals surface area contributed by atoms with Gasteiger partial charge >= 0.3 is 0 Å². The van der Waals surface area contributed by atoms with E-state index in [4.69, 9.17) is 10.6 Å². The number of nitrogens with two attached hydrogens (primary N) is 1. The largest absolute Gasteiger partial charge is 0.486 e. The van der Waals surface area contributed by atoms with E-state index in [9.17, 15) is 0 Å². The Morgan fingerprint density at radius 2 is 2.24 bits per heavy atom. The van der Waals surface area contributed by atoms with Crippen LogP contribution in [0.25, 0.3) is 11.0 Å². The van der Waals surface area contributed by atoms with Crippen molar-refractivity contribution < 1.29 is 4.74 Å². The molecule has 0 aliphatic heterocycles. The summed E-state index contributed by atoms with van der Waals surface area (Å²) in [7, 11) is 1.81. The molecule has 0 radical (unpaired) electrons. The molecule has 8 heteroatoms. The third-order valence-electron chi connectivity index (χ3n) is 2.94. The molecule has 2 heterocycles. The van der Waals surface area contributed by atoms with Crippen molar-refractivity contribution in [1.82, 2.24) is 19.7 Å². The number of halogens is 1. The molecule has 7 nitrogen and oxygen atoms in total. The first-order valence-electron chi connectivity index (χ1n) is 6.21. The number of nitrogen functional groups attached to an aromatic ring is 1. The molecule has 0 saturated carbocycles. The predicted molar refractivity (Wildman–Crippen MR) is 82.6 cm³/mol. The normalized spacial score (nSPS) is 10.8. The summed E-state index contributed by atoms with van der Waals surface area (Å²) in [6.45, 7) is 0.242. The lowest BCUT2D eigenvalue weighted by molar-refractivity contribution is 0.296. The molecule has 21 heavy (non-hydrogen) atoms. The molecule has 3 aromatic rings. The minimum atomic E-state index is 0.242. The minimum absolute atomic E-state index is 0.242. The Kier molecular flexibility index (Phi) is 3.72. The lowest BCUT2D eigenvalue weighted by Gasteiger charge is -2.08. The number of nitrogens with one attached hydrogen (secondary N) is 1. The zero-order valence-corrected chi connectivity index (χ0v) is 12.8. The molecule has 3 rings (SSSR count). The number of hydrazine groups is 1. The van der Waals surface area contributed by atoms with Crippen LogP contribution in [0.15, 0.2) is 34.9 Å². The molecule has 0 atom stereocenters. The van der Waals surface area contributed by atoms with Crippen molar-refractivity contribution >= 4 is 32.8 Å². The second-order valence-corrected chi connectivity index (χ2v) is 5.30. The van der Waals surface area contributed by atoms with Gasteiger partial charge < -0.3 is 10.2 Å². The fourth-order valence-electron chi connectivity index (χ4n) is 1.95. The zero-order valence-electron chi connectivity index (χ0n) is 11.2. The average Bonchev–Trinajstić information content (AvgIpc) is 2.86. The van der Waals surface area contributed by atoms with Gasteiger partial charge in [0.1, 0.15) is 12.4 Å². The highest BCUT2D eigenvalue weighted by Gasteiger charge is 2.11. The van der Waals surface area contributed by atoms with Crippen LogP contribution < -0.4 is 16.0 Å². The van der Waals surface area contributed by atoms with Crippen LogP contribution in [-0.2, 0) is 13.7 Å². The van der Waals surface area contributed by atoms with E-state index in [-0.39, 0.29) is 6.61 Å². The monoisotopic (exact) mass is 348 g/mol. The number of hydrogen-bond donors (Lipinski definition) is 2. The Bertz CT molecular complexity index is 787. The van der Waals surface area contributed by atoms with Crippen molar-refractivity contribution in [2.75, 3.05) is 5.43 Å². The first-order valence-corrected chi connectivity index (χ1v) is 7.00. The van der Waals surface area contributed by atoms with E-state index < -0.39 is 0 Å². The van der Waals surface area contributed by atoms with Crippen molar-refractivity contribution in [3.05, 3.63) is 40.8 Å². The first-order chi connectivity index (χ1) is 10.2. The Morgan fingerprint density at radius 3 is 3.00 bits per heavy atom. The van der Waals surface area contributed by atoms with Gasteiger partial charge in [0.15, 0.2) is 17.3 Å². The quantitative estimate of drug-likeness (QED) is 0.553. The second kappa shape index (κ2) is 5.66. The molecule has 0 spiro atoms. The van der Waals surface area contributed by atoms with Crippen LogP contribution in [0.1, 0.15) is 5.82 Å². The van der Waals surface area contributed by atoms with E-state index in [1.54, 1.807) is 10.9 Å². The maximum absolute atomic E-state index is 5.68. The van der Waals surface area contributed by atoms with Crippen molar-refractivity contribution in [3.8, 4) is 5.75 Å². The van der Waals surface area contributed by atoms with E-state index in [1.807, 2.05) is 31.3 Å². The van der Waals surface area contributed by atoms with Gasteiger partial charge in [-0.3, -0.25) is 4.68 Å². The molecule has 108 valence electrons. The number of fused-ring (bicyclic) bond motifs is 1. The summed E-state index contributed by atoms with van der Waals surface area (Å²) in [5.74, 6) is 7.29. The Labute approximate surface area is 129 Å². The highest BCUT2D eigenvalue weighted by atomic mass is 79.9. The lowest BCUT2D eigenvalue weighted by Crippen LogP contribution is -2.12. The van der Waals surface area contributed by atoms with Crippen LogP contribution in [0, 0.1) is 0 Å². The van der Waals surface area contributed by atoms with Gasteiger partial charge in [-0.15, -0.1) is 0 Å². The highest BCUT2D eigenvalue weighted by Crippen LogP contribution is 2.21. The zero-order chi connectivity index (χ0) is 14.8. The number of hydrogen-bond acceptors (Lipinski definition) is 6. The summed E-state index contributed by atoms with van der Waals surface area (Å²) in [5.41, 5.74) is 3.26. The van der Waals surface area contributed by atoms with Gasteiger partial charge in [-0.25, -0.2) is 15.8 Å². The van der Waals surface area contributed by atoms with Crippen LogP contribution in [0.3, 0.4) is 0 Å². The molecule has 0 amide bonds. The maximum Gasteiger partial charge on any atom is 0.170 e. The first kappa shape index (κ1) is 13.8. The van der Waals surface area contributed by atoms with E-state index in [1.165, 1.54) is 0 Å². The van der Waals surface area contributed by atoms with Crippen molar-refractivity contribution in [2.24, 2.45) is 12.9 Å². The maximum atomic E-state index is 5.68. The Balaban J connectivity index is 1.88. The number of nitrogens with zero attached hydrogens (tertiary/aromatic N) is 4. The Morgan fingerprint density at radius 1 is 1.38 bits per heavy atom. The number of anilines is 1. The molecule has 0 aliphatic carbocycles. The molecule has 1 aromatic carbocycles. The summed E-state index contributed by atoms with van der Waals surface area (Å²) in [5, 5.41) is 4.92. The summed E-state index contributed by atoms with van der Waals surface area (Å²) in [4.78, 5) is 8.77. The van der Waals surface area contributed by atoms with Crippen LogP contribution in [0.5, 0.6) is 5.75 Å². The minimum Gasteiger partial charge on any atom is -0.486 e. The van der Waals surface area contributed by atoms with Crippen molar-refractivity contribution in [1.29, 1.82) is 0 Å². The van der Waals surface area contributed by atoms with E-state index in [0.717, 1.165) is 15.6 Å². The second-order valence-electron chi connectivity index (χ2n) is 4.38. The van der Waals surface area contributed by atoms with Gasteiger partial charge in [-0.05, 0) is 18.2 Å². The molecule has 3 N–H and O–H groups in total. The lowest BCUT2D eigenvalue weighted by atomic mass is 10.3. The fourth-order valence-corrected chi connectivity index (χ4v) is 2.32. The SMILES string of the molecule is Cn1ncc2c(NN)nc(COc3cccc(Br)c3)nc21. The van der Waals surface area contributed by atoms with Crippen LogP contribution in [0.2, 0.25) is 0 Å². The smallest absolute Gasteiger partial charge is 0.170 e. The number of benzene rings is 1. The van der Waals surface area contributed by atoms with Gasteiger partial charge in [0, 0.05) is 11.5 Å². The van der Waals surface area contributed by atoms with Crippen LogP contribution in [0.4, 0.5) is 5.82 Å². The molecule has 0 fully saturated rings. The third kappa shape index (κ3) is 2.81.